The minimum atomic E-state index is 0.0129. The van der Waals surface area contributed by atoms with E-state index >= 15 is 0 Å². The maximum Gasteiger partial charge on any atom is 0.131 e. The fourth-order valence-electron chi connectivity index (χ4n) is 3.03. The molecule has 1 aliphatic rings. The molecule has 4 nitrogen and oxygen atoms in total. The molecule has 1 aromatic heterocycles. The zero-order chi connectivity index (χ0) is 16.4. The van der Waals surface area contributed by atoms with E-state index in [2.05, 4.69) is 18.8 Å². The van der Waals surface area contributed by atoms with Gasteiger partial charge in [0, 0.05) is 41.2 Å². The lowest BCUT2D eigenvalue weighted by Gasteiger charge is -2.26. The van der Waals surface area contributed by atoms with Crippen LogP contribution in [0.3, 0.4) is 0 Å². The molecule has 0 fully saturated rings. The second kappa shape index (κ2) is 6.59. The highest BCUT2D eigenvalue weighted by atomic mass is 16.5. The van der Waals surface area contributed by atoms with Crippen molar-refractivity contribution < 1.29 is 9.47 Å². The van der Waals surface area contributed by atoms with Crippen LogP contribution in [0.5, 0.6) is 11.5 Å². The summed E-state index contributed by atoms with van der Waals surface area (Å²) >= 11 is 0. The molecule has 0 bridgehead atoms. The molecule has 1 aromatic carbocycles. The summed E-state index contributed by atoms with van der Waals surface area (Å²) < 4.78 is 11.9. The molecule has 0 aliphatic carbocycles. The highest BCUT2D eigenvalue weighted by Gasteiger charge is 2.23. The van der Waals surface area contributed by atoms with Gasteiger partial charge < -0.3 is 15.2 Å². The topological polar surface area (TPSA) is 57.4 Å². The standard InChI is InChI=1S/C19H24N2O2/c1-12(2)8-14(20)11-22-15-4-5-17-18-10-21-7-6-16(18)13(3)23-19(17)9-15/h4-7,9-10,12-14H,8,11,20H2,1-3H3/t13?,14-/m1/s1. The molecule has 1 aliphatic heterocycles. The molecular formula is C19H24N2O2. The summed E-state index contributed by atoms with van der Waals surface area (Å²) in [5, 5.41) is 0. The van der Waals surface area contributed by atoms with Gasteiger partial charge in [-0.05, 0) is 37.5 Å². The van der Waals surface area contributed by atoms with Crippen LogP contribution in [0.2, 0.25) is 0 Å². The third-order valence-corrected chi connectivity index (χ3v) is 4.08. The van der Waals surface area contributed by atoms with Crippen molar-refractivity contribution in [1.82, 2.24) is 4.98 Å². The predicted octanol–water partition coefficient (Wildman–Crippen LogP) is 3.95. The van der Waals surface area contributed by atoms with Crippen molar-refractivity contribution in [2.45, 2.75) is 39.3 Å². The van der Waals surface area contributed by atoms with Crippen LogP contribution in [0, 0.1) is 5.92 Å². The fraction of sp³-hybridized carbons (Fsp3) is 0.421. The monoisotopic (exact) mass is 312 g/mol. The molecule has 2 heterocycles. The number of pyridine rings is 1. The molecule has 1 unspecified atom stereocenters. The van der Waals surface area contributed by atoms with Crippen LogP contribution in [0.4, 0.5) is 0 Å². The van der Waals surface area contributed by atoms with Gasteiger partial charge in [0.1, 0.15) is 24.2 Å². The number of hydrogen-bond acceptors (Lipinski definition) is 4. The summed E-state index contributed by atoms with van der Waals surface area (Å²) in [5.74, 6) is 2.21. The molecule has 3 rings (SSSR count). The molecule has 23 heavy (non-hydrogen) atoms. The van der Waals surface area contributed by atoms with Crippen molar-refractivity contribution >= 4 is 0 Å². The molecule has 0 saturated heterocycles. The second-order valence-corrected chi connectivity index (χ2v) is 6.58. The smallest absolute Gasteiger partial charge is 0.131 e. The quantitative estimate of drug-likeness (QED) is 0.908. The fourth-order valence-corrected chi connectivity index (χ4v) is 3.03. The van der Waals surface area contributed by atoms with E-state index in [0.717, 1.165) is 29.0 Å². The van der Waals surface area contributed by atoms with E-state index in [0.29, 0.717) is 12.5 Å². The minimum Gasteiger partial charge on any atom is -0.492 e. The molecule has 0 radical (unpaired) electrons. The van der Waals surface area contributed by atoms with Gasteiger partial charge in [-0.2, -0.15) is 0 Å². The van der Waals surface area contributed by atoms with Crippen LogP contribution in [0.1, 0.15) is 38.9 Å². The maximum absolute atomic E-state index is 6.08. The van der Waals surface area contributed by atoms with Crippen LogP contribution in [0.15, 0.2) is 36.7 Å². The number of hydrogen-bond donors (Lipinski definition) is 1. The summed E-state index contributed by atoms with van der Waals surface area (Å²) in [6, 6.07) is 8.01. The molecule has 2 atom stereocenters. The van der Waals surface area contributed by atoms with Gasteiger partial charge in [-0.3, -0.25) is 4.98 Å². The third kappa shape index (κ3) is 3.48. The minimum absolute atomic E-state index is 0.0129. The predicted molar refractivity (Wildman–Crippen MR) is 91.6 cm³/mol. The van der Waals surface area contributed by atoms with Gasteiger partial charge in [-0.15, -0.1) is 0 Å². The Bertz CT molecular complexity index is 685. The maximum atomic E-state index is 6.08. The molecule has 0 saturated carbocycles. The van der Waals surface area contributed by atoms with Crippen LogP contribution in [-0.2, 0) is 0 Å². The van der Waals surface area contributed by atoms with E-state index < -0.39 is 0 Å². The molecule has 122 valence electrons. The van der Waals surface area contributed by atoms with Crippen LogP contribution in [-0.4, -0.2) is 17.6 Å². The lowest BCUT2D eigenvalue weighted by Crippen LogP contribution is -2.29. The number of ether oxygens (including phenoxy) is 2. The molecule has 0 amide bonds. The summed E-state index contributed by atoms with van der Waals surface area (Å²) in [4.78, 5) is 4.24. The van der Waals surface area contributed by atoms with Crippen LogP contribution < -0.4 is 15.2 Å². The Hall–Kier alpha value is -2.07. The largest absolute Gasteiger partial charge is 0.492 e. The Morgan fingerprint density at radius 2 is 2.09 bits per heavy atom. The first-order valence-corrected chi connectivity index (χ1v) is 8.18. The number of fused-ring (bicyclic) bond motifs is 3. The van der Waals surface area contributed by atoms with E-state index in [9.17, 15) is 0 Å². The summed E-state index contributed by atoms with van der Waals surface area (Å²) in [6.45, 7) is 6.90. The first kappa shape index (κ1) is 15.8. The zero-order valence-electron chi connectivity index (χ0n) is 14.0. The molecule has 4 heteroatoms. The van der Waals surface area contributed by atoms with Crippen molar-refractivity contribution in [3.63, 3.8) is 0 Å². The Kier molecular flexibility index (Phi) is 4.53. The normalized spacial score (nSPS) is 17.2. The van der Waals surface area contributed by atoms with Crippen LogP contribution >= 0.6 is 0 Å². The van der Waals surface area contributed by atoms with E-state index in [1.807, 2.05) is 37.4 Å². The van der Waals surface area contributed by atoms with E-state index in [4.69, 9.17) is 15.2 Å². The lowest BCUT2D eigenvalue weighted by atomic mass is 9.95. The first-order valence-electron chi connectivity index (χ1n) is 8.18. The SMILES string of the molecule is CC(C)C[C@@H](N)COc1ccc2c(c1)OC(C)c1ccncc1-2. The second-order valence-electron chi connectivity index (χ2n) is 6.58. The van der Waals surface area contributed by atoms with Crippen molar-refractivity contribution in [3.8, 4) is 22.6 Å². The van der Waals surface area contributed by atoms with Crippen LogP contribution in [0.25, 0.3) is 11.1 Å². The van der Waals surface area contributed by atoms with Crippen molar-refractivity contribution in [3.05, 3.63) is 42.2 Å². The Balaban J connectivity index is 1.78. The van der Waals surface area contributed by atoms with E-state index in [-0.39, 0.29) is 12.1 Å². The molecular weight excluding hydrogens is 288 g/mol. The summed E-state index contributed by atoms with van der Waals surface area (Å²) in [7, 11) is 0. The number of nitrogens with zero attached hydrogens (tertiary/aromatic N) is 1. The number of benzene rings is 1. The van der Waals surface area contributed by atoms with E-state index in [1.54, 1.807) is 6.20 Å². The van der Waals surface area contributed by atoms with E-state index in [1.165, 1.54) is 5.56 Å². The van der Waals surface area contributed by atoms with Gasteiger partial charge in [0.15, 0.2) is 0 Å². The average Bonchev–Trinajstić information content (AvgIpc) is 2.52. The van der Waals surface area contributed by atoms with Gasteiger partial charge >= 0.3 is 0 Å². The molecule has 2 aromatic rings. The van der Waals surface area contributed by atoms with Crippen molar-refractivity contribution in [2.75, 3.05) is 6.61 Å². The van der Waals surface area contributed by atoms with Crippen molar-refractivity contribution in [1.29, 1.82) is 0 Å². The Morgan fingerprint density at radius 3 is 2.87 bits per heavy atom. The first-order chi connectivity index (χ1) is 11.0. The van der Waals surface area contributed by atoms with Gasteiger partial charge in [0.25, 0.3) is 0 Å². The Morgan fingerprint density at radius 1 is 1.26 bits per heavy atom. The highest BCUT2D eigenvalue weighted by molar-refractivity contribution is 5.75. The molecule has 2 N–H and O–H groups in total. The third-order valence-electron chi connectivity index (χ3n) is 4.08. The summed E-state index contributed by atoms with van der Waals surface area (Å²) in [6.07, 6.45) is 4.67. The van der Waals surface area contributed by atoms with Gasteiger partial charge in [-0.25, -0.2) is 0 Å². The lowest BCUT2D eigenvalue weighted by molar-refractivity contribution is 0.220. The average molecular weight is 312 g/mol. The zero-order valence-corrected chi connectivity index (χ0v) is 14.0. The number of nitrogens with two attached hydrogens (primary N) is 1. The molecule has 0 spiro atoms. The van der Waals surface area contributed by atoms with Gasteiger partial charge in [0.2, 0.25) is 0 Å². The number of aromatic nitrogens is 1. The van der Waals surface area contributed by atoms with Crippen molar-refractivity contribution in [2.24, 2.45) is 11.7 Å². The summed E-state index contributed by atoms with van der Waals surface area (Å²) in [5.41, 5.74) is 9.44. The highest BCUT2D eigenvalue weighted by Crippen LogP contribution is 2.43. The van der Waals surface area contributed by atoms with Gasteiger partial charge in [-0.1, -0.05) is 13.8 Å². The Labute approximate surface area is 137 Å². The van der Waals surface area contributed by atoms with Gasteiger partial charge in [0.05, 0.1) is 0 Å². The number of rotatable bonds is 5.